The number of amides is 1. The van der Waals surface area contributed by atoms with Gasteiger partial charge >= 0.3 is 0 Å². The Bertz CT molecular complexity index is 913. The first-order chi connectivity index (χ1) is 12.8. The first kappa shape index (κ1) is 18.3. The topological polar surface area (TPSA) is 81.5 Å². The second-order valence-electron chi connectivity index (χ2n) is 7.38. The van der Waals surface area contributed by atoms with Gasteiger partial charge in [0.05, 0.1) is 17.4 Å². The number of rotatable bonds is 3. The average Bonchev–Trinajstić information content (AvgIpc) is 3.11. The summed E-state index contributed by atoms with van der Waals surface area (Å²) in [4.78, 5) is 15.3. The van der Waals surface area contributed by atoms with E-state index >= 15 is 0 Å². The van der Waals surface area contributed by atoms with Gasteiger partial charge < -0.3 is 9.45 Å². The largest absolute Gasteiger partial charge is 0.598 e. The minimum absolute atomic E-state index is 0.0141. The summed E-state index contributed by atoms with van der Waals surface area (Å²) in [6.45, 7) is 4.90. The minimum Gasteiger partial charge on any atom is -0.598 e. The van der Waals surface area contributed by atoms with Gasteiger partial charge in [0.2, 0.25) is 0 Å². The van der Waals surface area contributed by atoms with Gasteiger partial charge in [0.15, 0.2) is 0 Å². The van der Waals surface area contributed by atoms with Crippen LogP contribution < -0.4 is 0 Å². The molecule has 1 aromatic heterocycles. The first-order valence-corrected chi connectivity index (χ1v) is 11.1. The second kappa shape index (κ2) is 6.54. The second-order valence-corrected chi connectivity index (χ2v) is 9.36. The molecule has 0 spiro atoms. The normalized spacial score (nSPS) is 23.5. The van der Waals surface area contributed by atoms with Crippen molar-refractivity contribution in [3.63, 3.8) is 0 Å². The lowest BCUT2D eigenvalue weighted by molar-refractivity contribution is 0.0560. The van der Waals surface area contributed by atoms with Gasteiger partial charge in [-0.3, -0.25) is 4.79 Å². The number of aryl methyl sites for hydroxylation is 1. The van der Waals surface area contributed by atoms with Crippen molar-refractivity contribution in [2.75, 3.05) is 19.3 Å². The molecule has 27 heavy (non-hydrogen) atoms. The summed E-state index contributed by atoms with van der Waals surface area (Å²) < 4.78 is 26.8. The lowest BCUT2D eigenvalue weighted by atomic mass is 10.0. The third-order valence-corrected chi connectivity index (χ3v) is 6.97. The number of carbonyl (C=O) groups excluding carboxylic acids is 1. The Labute approximate surface area is 160 Å². The number of hydrogen-bond donors (Lipinski definition) is 0. The molecule has 0 aliphatic carbocycles. The lowest BCUT2D eigenvalue weighted by Crippen LogP contribution is -2.49. The Morgan fingerprint density at radius 1 is 1.19 bits per heavy atom. The Balaban J connectivity index is 1.63. The van der Waals surface area contributed by atoms with E-state index in [0.717, 1.165) is 16.9 Å². The standard InChI is InChI=1S/C19H24N4O3S/c1-13-17-14(2)22(15-9-11-21(12-10-15)27(3,25)26)19(24)18(17)23(20-13)16-7-5-4-6-8-16/h4-8,14-15H,9-12H2,1-3H3. The van der Waals surface area contributed by atoms with Crippen molar-refractivity contribution in [1.82, 2.24) is 19.0 Å². The molecule has 0 radical (unpaired) electrons. The molecule has 8 heteroatoms. The number of sulfonamides is 1. The van der Waals surface area contributed by atoms with E-state index < -0.39 is 10.4 Å². The highest BCUT2D eigenvalue weighted by molar-refractivity contribution is 7.94. The van der Waals surface area contributed by atoms with Crippen molar-refractivity contribution >= 4 is 16.3 Å². The zero-order chi connectivity index (χ0) is 19.3. The summed E-state index contributed by atoms with van der Waals surface area (Å²) in [5.74, 6) is -0.0141. The third kappa shape index (κ3) is 3.01. The van der Waals surface area contributed by atoms with Gasteiger partial charge in [-0.15, -0.1) is 4.31 Å². The first-order valence-electron chi connectivity index (χ1n) is 9.21. The molecule has 1 aromatic carbocycles. The number of para-hydroxylation sites is 1. The van der Waals surface area contributed by atoms with E-state index in [0.29, 0.717) is 31.6 Å². The molecule has 2 unspecified atom stereocenters. The molecule has 2 aromatic rings. The van der Waals surface area contributed by atoms with E-state index in [2.05, 4.69) is 5.10 Å². The number of piperidine rings is 1. The van der Waals surface area contributed by atoms with Crippen molar-refractivity contribution in [2.45, 2.75) is 38.8 Å². The highest BCUT2D eigenvalue weighted by Crippen LogP contribution is 2.40. The van der Waals surface area contributed by atoms with Crippen LogP contribution in [0.15, 0.2) is 30.3 Å². The highest BCUT2D eigenvalue weighted by Gasteiger charge is 2.44. The maximum absolute atomic E-state index is 13.3. The van der Waals surface area contributed by atoms with Gasteiger partial charge in [-0.25, -0.2) is 4.68 Å². The van der Waals surface area contributed by atoms with Crippen LogP contribution in [0.2, 0.25) is 0 Å². The molecule has 0 saturated carbocycles. The number of carbonyl (C=O) groups is 1. The van der Waals surface area contributed by atoms with Crippen LogP contribution in [0, 0.1) is 6.92 Å². The van der Waals surface area contributed by atoms with Crippen LogP contribution in [0.25, 0.3) is 5.69 Å². The van der Waals surface area contributed by atoms with Crippen molar-refractivity contribution < 1.29 is 13.6 Å². The van der Waals surface area contributed by atoms with E-state index in [1.807, 2.05) is 49.1 Å². The van der Waals surface area contributed by atoms with Crippen molar-refractivity contribution in [3.05, 3.63) is 47.3 Å². The summed E-state index contributed by atoms with van der Waals surface area (Å²) in [7, 11) is -3.18. The number of aromatic nitrogens is 2. The number of hydrogen-bond acceptors (Lipinski definition) is 4. The Morgan fingerprint density at radius 2 is 1.81 bits per heavy atom. The summed E-state index contributed by atoms with van der Waals surface area (Å²) >= 11 is 0. The average molecular weight is 388 g/mol. The Hall–Kier alpha value is -2.03. The molecule has 3 heterocycles. The van der Waals surface area contributed by atoms with Crippen molar-refractivity contribution in [1.29, 1.82) is 0 Å². The fraction of sp³-hybridized carbons (Fsp3) is 0.474. The van der Waals surface area contributed by atoms with Gasteiger partial charge in [-0.1, -0.05) is 22.4 Å². The van der Waals surface area contributed by atoms with E-state index in [1.54, 1.807) is 4.68 Å². The molecule has 1 saturated heterocycles. The molecule has 144 valence electrons. The predicted octanol–water partition coefficient (Wildman–Crippen LogP) is 2.34. The molecule has 7 nitrogen and oxygen atoms in total. The quantitative estimate of drug-likeness (QED) is 0.756. The Kier molecular flexibility index (Phi) is 4.44. The smallest absolute Gasteiger partial charge is 0.273 e. The zero-order valence-electron chi connectivity index (χ0n) is 15.8. The van der Waals surface area contributed by atoms with E-state index in [1.165, 1.54) is 10.6 Å². The van der Waals surface area contributed by atoms with Crippen LogP contribution in [-0.4, -0.2) is 54.8 Å². The molecule has 2 aliphatic heterocycles. The molecular formula is C19H24N4O3S. The summed E-state index contributed by atoms with van der Waals surface area (Å²) in [6.07, 6.45) is 2.56. The lowest BCUT2D eigenvalue weighted by Gasteiger charge is -2.38. The van der Waals surface area contributed by atoms with Crippen molar-refractivity contribution in [2.24, 2.45) is 0 Å². The van der Waals surface area contributed by atoms with Crippen LogP contribution in [-0.2, 0) is 14.6 Å². The molecule has 2 atom stereocenters. The number of nitrogens with zero attached hydrogens (tertiary/aromatic N) is 4. The molecule has 2 aliphatic rings. The number of benzene rings is 1. The Morgan fingerprint density at radius 3 is 2.41 bits per heavy atom. The minimum atomic E-state index is -3.18. The van der Waals surface area contributed by atoms with Crippen LogP contribution in [0.1, 0.15) is 47.6 Å². The molecule has 0 bridgehead atoms. The fourth-order valence-corrected chi connectivity index (χ4v) is 5.25. The van der Waals surface area contributed by atoms with Gasteiger partial charge in [0, 0.05) is 24.7 Å². The monoisotopic (exact) mass is 388 g/mol. The van der Waals surface area contributed by atoms with Crippen LogP contribution in [0.4, 0.5) is 0 Å². The maximum Gasteiger partial charge on any atom is 0.273 e. The SMILES string of the molecule is Cc1nn(-c2ccccc2)c2c1C(C)N(C1CCN([S+](C)(=O)[O-])CC1)C2=O. The fourth-order valence-electron chi connectivity index (χ4n) is 4.37. The summed E-state index contributed by atoms with van der Waals surface area (Å²) in [6, 6.07) is 9.67. The molecular weight excluding hydrogens is 364 g/mol. The molecule has 4 rings (SSSR count). The van der Waals surface area contributed by atoms with Crippen LogP contribution in [0.5, 0.6) is 0 Å². The number of fused-ring (bicyclic) bond motifs is 1. The third-order valence-electron chi connectivity index (χ3n) is 5.67. The van der Waals surface area contributed by atoms with Crippen molar-refractivity contribution in [3.8, 4) is 5.69 Å². The maximum atomic E-state index is 13.3. The molecule has 0 N–H and O–H groups in total. The van der Waals surface area contributed by atoms with E-state index in [-0.39, 0.29) is 18.0 Å². The van der Waals surface area contributed by atoms with Gasteiger partial charge in [-0.2, -0.15) is 5.10 Å². The van der Waals surface area contributed by atoms with Gasteiger partial charge in [0.1, 0.15) is 22.3 Å². The van der Waals surface area contributed by atoms with Gasteiger partial charge in [0.25, 0.3) is 5.91 Å². The van der Waals surface area contributed by atoms with E-state index in [4.69, 9.17) is 0 Å². The zero-order valence-corrected chi connectivity index (χ0v) is 16.6. The molecule has 1 amide bonds. The molecule has 1 fully saturated rings. The highest BCUT2D eigenvalue weighted by atomic mass is 32.3. The summed E-state index contributed by atoms with van der Waals surface area (Å²) in [5, 5.41) is 4.61. The van der Waals surface area contributed by atoms with Crippen LogP contribution >= 0.6 is 0 Å². The van der Waals surface area contributed by atoms with Crippen LogP contribution in [0.3, 0.4) is 0 Å². The van der Waals surface area contributed by atoms with E-state index in [9.17, 15) is 13.6 Å². The predicted molar refractivity (Wildman–Crippen MR) is 102 cm³/mol. The van der Waals surface area contributed by atoms with Gasteiger partial charge in [-0.05, 0) is 38.8 Å². The summed E-state index contributed by atoms with van der Waals surface area (Å²) in [5.41, 5.74) is 3.35.